The van der Waals surface area contributed by atoms with Crippen LogP contribution in [0.2, 0.25) is 0 Å². The Balaban J connectivity index is 2.53. The fraction of sp³-hybridized carbons (Fsp3) is 0.455. The minimum Gasteiger partial charge on any atom is -0.309 e. The summed E-state index contributed by atoms with van der Waals surface area (Å²) in [6.07, 6.45) is 1.20. The van der Waals surface area contributed by atoms with Gasteiger partial charge in [-0.05, 0) is 40.5 Å². The van der Waals surface area contributed by atoms with Gasteiger partial charge in [0, 0.05) is 18.8 Å². The summed E-state index contributed by atoms with van der Waals surface area (Å²) in [7, 11) is -2.99. The van der Waals surface area contributed by atoms with Gasteiger partial charge in [0.1, 0.15) is 15.7 Å². The van der Waals surface area contributed by atoms with Crippen molar-refractivity contribution in [2.75, 3.05) is 12.0 Å². The van der Waals surface area contributed by atoms with E-state index in [1.165, 1.54) is 12.3 Å². The van der Waals surface area contributed by atoms with E-state index < -0.39 is 9.84 Å². The van der Waals surface area contributed by atoms with Gasteiger partial charge >= 0.3 is 0 Å². The summed E-state index contributed by atoms with van der Waals surface area (Å²) in [5.74, 6) is -0.244. The molecule has 0 spiro atoms. The van der Waals surface area contributed by atoms with Crippen LogP contribution in [0.4, 0.5) is 4.39 Å². The zero-order chi connectivity index (χ0) is 13.1. The SMILES string of the molecule is CC(CS(C)(=O)=O)NCc1ccc(Br)c(F)c1. The summed E-state index contributed by atoms with van der Waals surface area (Å²) in [5.41, 5.74) is 0.783. The molecule has 0 saturated carbocycles. The number of hydrogen-bond donors (Lipinski definition) is 1. The maximum atomic E-state index is 13.2. The number of halogens is 2. The number of benzene rings is 1. The van der Waals surface area contributed by atoms with Crippen molar-refractivity contribution in [3.8, 4) is 0 Å². The molecule has 3 nitrogen and oxygen atoms in total. The topological polar surface area (TPSA) is 46.2 Å². The molecule has 1 N–H and O–H groups in total. The van der Waals surface area contributed by atoms with Crippen molar-refractivity contribution in [3.05, 3.63) is 34.1 Å². The highest BCUT2D eigenvalue weighted by Crippen LogP contribution is 2.16. The van der Waals surface area contributed by atoms with E-state index in [2.05, 4.69) is 21.2 Å². The Morgan fingerprint density at radius 2 is 2.12 bits per heavy atom. The Morgan fingerprint density at radius 3 is 2.65 bits per heavy atom. The first-order valence-corrected chi connectivity index (χ1v) is 7.98. The third-order valence-electron chi connectivity index (χ3n) is 2.19. The zero-order valence-corrected chi connectivity index (χ0v) is 12.1. The molecule has 0 aliphatic rings. The summed E-state index contributed by atoms with van der Waals surface area (Å²) in [5, 5.41) is 3.04. The monoisotopic (exact) mass is 323 g/mol. The highest BCUT2D eigenvalue weighted by molar-refractivity contribution is 9.10. The molecule has 0 saturated heterocycles. The zero-order valence-electron chi connectivity index (χ0n) is 9.70. The van der Waals surface area contributed by atoms with Crippen LogP contribution in [0.25, 0.3) is 0 Å². The van der Waals surface area contributed by atoms with Gasteiger partial charge in [0.05, 0.1) is 10.2 Å². The number of rotatable bonds is 5. The lowest BCUT2D eigenvalue weighted by Gasteiger charge is -2.12. The molecule has 0 aromatic heterocycles. The minimum absolute atomic E-state index is 0.0754. The molecule has 96 valence electrons. The first-order chi connectivity index (χ1) is 7.78. The van der Waals surface area contributed by atoms with Crippen molar-refractivity contribution in [1.82, 2.24) is 5.32 Å². The standard InChI is InChI=1S/C11H15BrFNO2S/c1-8(7-17(2,15)16)14-6-9-3-4-10(12)11(13)5-9/h3-5,8,14H,6-7H2,1-2H3. The third kappa shape index (κ3) is 5.61. The summed E-state index contributed by atoms with van der Waals surface area (Å²) in [6, 6.07) is 4.68. The van der Waals surface area contributed by atoms with Crippen molar-refractivity contribution in [1.29, 1.82) is 0 Å². The molecule has 0 aliphatic heterocycles. The smallest absolute Gasteiger partial charge is 0.148 e. The van der Waals surface area contributed by atoms with Crippen LogP contribution in [-0.4, -0.2) is 26.5 Å². The first-order valence-electron chi connectivity index (χ1n) is 5.13. The average Bonchev–Trinajstić information content (AvgIpc) is 2.17. The quantitative estimate of drug-likeness (QED) is 0.902. The Kier molecular flexibility index (Phi) is 5.09. The van der Waals surface area contributed by atoms with Crippen LogP contribution < -0.4 is 5.32 Å². The first kappa shape index (κ1) is 14.6. The summed E-state index contributed by atoms with van der Waals surface area (Å²) in [4.78, 5) is 0. The van der Waals surface area contributed by atoms with Crippen LogP contribution in [0, 0.1) is 5.82 Å². The van der Waals surface area contributed by atoms with E-state index >= 15 is 0 Å². The Bertz CT molecular complexity index is 490. The van der Waals surface area contributed by atoms with E-state index in [-0.39, 0.29) is 17.6 Å². The molecular formula is C11H15BrFNO2S. The van der Waals surface area contributed by atoms with E-state index in [9.17, 15) is 12.8 Å². The molecule has 1 unspecified atom stereocenters. The van der Waals surface area contributed by atoms with Crippen LogP contribution >= 0.6 is 15.9 Å². The van der Waals surface area contributed by atoms with Crippen molar-refractivity contribution in [3.63, 3.8) is 0 Å². The molecule has 0 bridgehead atoms. The summed E-state index contributed by atoms with van der Waals surface area (Å²) < 4.78 is 35.7. The van der Waals surface area contributed by atoms with Gasteiger partial charge in [-0.1, -0.05) is 6.07 Å². The Labute approximate surface area is 109 Å². The third-order valence-corrected chi connectivity index (χ3v) is 3.94. The highest BCUT2D eigenvalue weighted by atomic mass is 79.9. The largest absolute Gasteiger partial charge is 0.309 e. The van der Waals surface area contributed by atoms with Gasteiger partial charge in [0.15, 0.2) is 0 Å². The van der Waals surface area contributed by atoms with Crippen molar-refractivity contribution >= 4 is 25.8 Å². The van der Waals surface area contributed by atoms with Crippen molar-refractivity contribution in [2.45, 2.75) is 19.5 Å². The molecule has 0 amide bonds. The molecule has 0 radical (unpaired) electrons. The molecule has 17 heavy (non-hydrogen) atoms. The van der Waals surface area contributed by atoms with E-state index in [0.29, 0.717) is 11.0 Å². The molecule has 0 aliphatic carbocycles. The van der Waals surface area contributed by atoms with Crippen LogP contribution in [0.3, 0.4) is 0 Å². The number of nitrogens with one attached hydrogen (secondary N) is 1. The predicted octanol–water partition coefficient (Wildman–Crippen LogP) is 2.11. The van der Waals surface area contributed by atoms with Crippen LogP contribution in [0.15, 0.2) is 22.7 Å². The summed E-state index contributed by atoms with van der Waals surface area (Å²) >= 11 is 3.07. The predicted molar refractivity (Wildman–Crippen MR) is 70.1 cm³/mol. The van der Waals surface area contributed by atoms with Gasteiger partial charge < -0.3 is 5.32 Å². The van der Waals surface area contributed by atoms with Gasteiger partial charge in [-0.25, -0.2) is 12.8 Å². The van der Waals surface area contributed by atoms with Gasteiger partial charge in [-0.15, -0.1) is 0 Å². The Morgan fingerprint density at radius 1 is 1.47 bits per heavy atom. The second kappa shape index (κ2) is 5.93. The van der Waals surface area contributed by atoms with Gasteiger partial charge in [-0.3, -0.25) is 0 Å². The molecule has 6 heteroatoms. The minimum atomic E-state index is -2.99. The van der Waals surface area contributed by atoms with Gasteiger partial charge in [0.25, 0.3) is 0 Å². The van der Waals surface area contributed by atoms with E-state index in [0.717, 1.165) is 5.56 Å². The lowest BCUT2D eigenvalue weighted by molar-refractivity contribution is 0.557. The van der Waals surface area contributed by atoms with Crippen LogP contribution in [0.1, 0.15) is 12.5 Å². The molecule has 1 rings (SSSR count). The maximum Gasteiger partial charge on any atom is 0.148 e. The molecule has 1 atom stereocenters. The lowest BCUT2D eigenvalue weighted by atomic mass is 10.2. The molecule has 1 aromatic rings. The van der Waals surface area contributed by atoms with E-state index in [1.54, 1.807) is 19.1 Å². The van der Waals surface area contributed by atoms with E-state index in [1.807, 2.05) is 0 Å². The van der Waals surface area contributed by atoms with Crippen LogP contribution in [0.5, 0.6) is 0 Å². The van der Waals surface area contributed by atoms with Gasteiger partial charge in [0.2, 0.25) is 0 Å². The molecule has 0 heterocycles. The fourth-order valence-electron chi connectivity index (χ4n) is 1.45. The molecule has 1 aromatic carbocycles. The van der Waals surface area contributed by atoms with E-state index in [4.69, 9.17) is 0 Å². The molecule has 0 fully saturated rings. The normalized spacial score (nSPS) is 13.6. The fourth-order valence-corrected chi connectivity index (χ4v) is 2.73. The molecular weight excluding hydrogens is 309 g/mol. The van der Waals surface area contributed by atoms with Crippen molar-refractivity contribution in [2.24, 2.45) is 0 Å². The number of hydrogen-bond acceptors (Lipinski definition) is 3. The second-order valence-corrected chi connectivity index (χ2v) is 7.16. The van der Waals surface area contributed by atoms with Crippen molar-refractivity contribution < 1.29 is 12.8 Å². The second-order valence-electron chi connectivity index (χ2n) is 4.12. The van der Waals surface area contributed by atoms with Crippen LogP contribution in [-0.2, 0) is 16.4 Å². The Hall–Kier alpha value is -0.460. The lowest BCUT2D eigenvalue weighted by Crippen LogP contribution is -2.32. The average molecular weight is 324 g/mol. The maximum absolute atomic E-state index is 13.2. The highest BCUT2D eigenvalue weighted by Gasteiger charge is 2.10. The number of sulfone groups is 1. The van der Waals surface area contributed by atoms with Gasteiger partial charge in [-0.2, -0.15) is 0 Å². The summed E-state index contributed by atoms with van der Waals surface area (Å²) in [6.45, 7) is 2.23.